The van der Waals surface area contributed by atoms with Crippen molar-refractivity contribution in [2.75, 3.05) is 0 Å². The molecule has 0 aliphatic heterocycles. The van der Waals surface area contributed by atoms with Crippen molar-refractivity contribution >= 4 is 110 Å². The van der Waals surface area contributed by atoms with Crippen molar-refractivity contribution in [3.63, 3.8) is 0 Å². The van der Waals surface area contributed by atoms with Gasteiger partial charge in [0.2, 0.25) is 0 Å². The molecular formula is C12H2Br4Cl4. The van der Waals surface area contributed by atoms with Crippen LogP contribution < -0.4 is 0 Å². The zero-order valence-electron chi connectivity index (χ0n) is 9.18. The van der Waals surface area contributed by atoms with E-state index in [1.165, 1.54) is 0 Å². The maximum Gasteiger partial charge on any atom is 0.0797 e. The zero-order valence-corrected chi connectivity index (χ0v) is 18.5. The average Bonchev–Trinajstić information content (AvgIpc) is 2.42. The van der Waals surface area contributed by atoms with Gasteiger partial charge >= 0.3 is 0 Å². The van der Waals surface area contributed by atoms with Crippen LogP contribution in [0.15, 0.2) is 17.9 Å². The lowest BCUT2D eigenvalue weighted by Crippen LogP contribution is -2.23. The van der Waals surface area contributed by atoms with Crippen molar-refractivity contribution in [2.24, 2.45) is 0 Å². The number of allylic oxidation sites excluding steroid dienone is 4. The van der Waals surface area contributed by atoms with Gasteiger partial charge in [0.15, 0.2) is 0 Å². The molecule has 8 heteroatoms. The van der Waals surface area contributed by atoms with Crippen LogP contribution in [0, 0.1) is 0 Å². The highest BCUT2D eigenvalue weighted by molar-refractivity contribution is 9.15. The lowest BCUT2D eigenvalue weighted by molar-refractivity contribution is 0.845. The van der Waals surface area contributed by atoms with Gasteiger partial charge in [-0.25, -0.2) is 0 Å². The molecule has 3 aliphatic rings. The van der Waals surface area contributed by atoms with Gasteiger partial charge in [-0.05, 0) is 11.1 Å². The molecule has 106 valence electrons. The first kappa shape index (κ1) is 16.6. The van der Waals surface area contributed by atoms with E-state index >= 15 is 0 Å². The molecule has 0 radical (unpaired) electrons. The molecule has 0 saturated carbocycles. The predicted molar refractivity (Wildman–Crippen MR) is 102 cm³/mol. The molecule has 4 rings (SSSR count). The van der Waals surface area contributed by atoms with Crippen molar-refractivity contribution in [3.8, 4) is 0 Å². The van der Waals surface area contributed by atoms with Crippen molar-refractivity contribution in [1.82, 2.24) is 0 Å². The van der Waals surface area contributed by atoms with Gasteiger partial charge in [0, 0.05) is 17.9 Å². The maximum absolute atomic E-state index is 6.42. The summed E-state index contributed by atoms with van der Waals surface area (Å²) in [5.41, 5.74) is 1.78. The lowest BCUT2D eigenvalue weighted by Gasteiger charge is -2.40. The summed E-state index contributed by atoms with van der Waals surface area (Å²) in [6.45, 7) is 0. The molecule has 1 aromatic rings. The first-order valence-corrected chi connectivity index (χ1v) is 9.93. The van der Waals surface area contributed by atoms with E-state index in [0.717, 1.165) is 29.1 Å². The molecule has 20 heavy (non-hydrogen) atoms. The van der Waals surface area contributed by atoms with Crippen LogP contribution in [-0.2, 0) is 0 Å². The largest absolute Gasteiger partial charge is 0.0823 e. The molecule has 0 unspecified atom stereocenters. The summed E-state index contributed by atoms with van der Waals surface area (Å²) in [5.74, 6) is -0.169. The number of rotatable bonds is 0. The van der Waals surface area contributed by atoms with Gasteiger partial charge in [-0.1, -0.05) is 110 Å². The molecule has 0 nitrogen and oxygen atoms in total. The van der Waals surface area contributed by atoms with Crippen LogP contribution in [0.1, 0.15) is 23.0 Å². The minimum absolute atomic E-state index is 0.0847. The van der Waals surface area contributed by atoms with Crippen LogP contribution in [0.4, 0.5) is 0 Å². The Hall–Kier alpha value is 1.78. The predicted octanol–water partition coefficient (Wildman–Crippen LogP) is 8.50. The normalized spacial score (nSPS) is 24.6. The van der Waals surface area contributed by atoms with Crippen LogP contribution in [0.2, 0.25) is 20.1 Å². The third-order valence-electron chi connectivity index (χ3n) is 3.39. The Balaban J connectivity index is 2.46. The summed E-state index contributed by atoms with van der Waals surface area (Å²) in [7, 11) is 0. The summed E-state index contributed by atoms with van der Waals surface area (Å²) in [4.78, 5) is 0. The first-order valence-electron chi connectivity index (χ1n) is 5.24. The molecule has 0 saturated heterocycles. The van der Waals surface area contributed by atoms with Gasteiger partial charge in [-0.15, -0.1) is 0 Å². The standard InChI is InChI=1S/C12H2Br4Cl4/c13-5-3-1-2(4(7(5)15)8(16)6(3)14)10(18)12(20)11(19)9(1)17/h3-4H. The van der Waals surface area contributed by atoms with Gasteiger partial charge < -0.3 is 0 Å². The summed E-state index contributed by atoms with van der Waals surface area (Å²) in [5, 5.41) is 1.47. The second-order valence-corrected chi connectivity index (χ2v) is 9.27. The molecule has 0 spiro atoms. The van der Waals surface area contributed by atoms with E-state index in [-0.39, 0.29) is 21.9 Å². The van der Waals surface area contributed by atoms with E-state index in [4.69, 9.17) is 46.4 Å². The maximum atomic E-state index is 6.42. The van der Waals surface area contributed by atoms with Gasteiger partial charge in [0.25, 0.3) is 0 Å². The Morgan fingerprint density at radius 3 is 1.00 bits per heavy atom. The second kappa shape index (κ2) is 5.70. The molecule has 0 aromatic heterocycles. The van der Waals surface area contributed by atoms with Crippen LogP contribution >= 0.6 is 110 Å². The van der Waals surface area contributed by atoms with Gasteiger partial charge in [0.1, 0.15) is 0 Å². The van der Waals surface area contributed by atoms with E-state index in [0.29, 0.717) is 10.0 Å². The van der Waals surface area contributed by atoms with Gasteiger partial charge in [0.05, 0.1) is 31.9 Å². The number of halogens is 8. The van der Waals surface area contributed by atoms with Crippen LogP contribution in [0.25, 0.3) is 0 Å². The summed E-state index contributed by atoms with van der Waals surface area (Å²) >= 11 is 39.7. The molecule has 0 amide bonds. The van der Waals surface area contributed by atoms with Crippen LogP contribution in [0.5, 0.6) is 0 Å². The first-order chi connectivity index (χ1) is 9.29. The molecule has 0 fully saturated rings. The van der Waals surface area contributed by atoms with Crippen molar-refractivity contribution in [1.29, 1.82) is 0 Å². The Kier molecular flexibility index (Phi) is 4.74. The highest BCUT2D eigenvalue weighted by atomic mass is 79.9. The zero-order chi connectivity index (χ0) is 14.9. The Labute approximate surface area is 169 Å². The monoisotopic (exact) mass is 602 g/mol. The Bertz CT molecular complexity index is 638. The summed E-state index contributed by atoms with van der Waals surface area (Å²) < 4.78 is 4.01. The highest BCUT2D eigenvalue weighted by Crippen LogP contribution is 2.65. The molecule has 1 aromatic carbocycles. The quantitative estimate of drug-likeness (QED) is 0.205. The van der Waals surface area contributed by atoms with E-state index in [1.807, 2.05) is 0 Å². The van der Waals surface area contributed by atoms with E-state index < -0.39 is 0 Å². The van der Waals surface area contributed by atoms with E-state index in [1.54, 1.807) is 0 Å². The molecule has 3 aliphatic carbocycles. The molecule has 0 heterocycles. The van der Waals surface area contributed by atoms with E-state index in [9.17, 15) is 0 Å². The molecule has 2 bridgehead atoms. The van der Waals surface area contributed by atoms with E-state index in [2.05, 4.69) is 63.7 Å². The van der Waals surface area contributed by atoms with Crippen molar-refractivity contribution in [2.45, 2.75) is 11.8 Å². The van der Waals surface area contributed by atoms with Gasteiger partial charge in [-0.3, -0.25) is 0 Å². The third-order valence-corrected chi connectivity index (χ3v) is 9.82. The lowest BCUT2D eigenvalue weighted by atomic mass is 9.76. The van der Waals surface area contributed by atoms with Crippen LogP contribution in [-0.4, -0.2) is 0 Å². The second-order valence-electron chi connectivity index (χ2n) is 4.34. The smallest absolute Gasteiger partial charge is 0.0797 e. The SMILES string of the molecule is Clc1c(Cl)c(Cl)c2c(c1Cl)C1C(Br)=C(Br)C2C(Br)=C1Br. The Morgan fingerprint density at radius 2 is 0.750 bits per heavy atom. The highest BCUT2D eigenvalue weighted by Gasteiger charge is 2.45. The molecule has 0 atom stereocenters. The fourth-order valence-corrected chi connectivity index (χ4v) is 6.97. The summed E-state index contributed by atoms with van der Waals surface area (Å²) in [6, 6.07) is 0. The van der Waals surface area contributed by atoms with Crippen LogP contribution in [0.3, 0.4) is 0 Å². The number of benzene rings is 1. The fraction of sp³-hybridized carbons (Fsp3) is 0.167. The Morgan fingerprint density at radius 1 is 0.500 bits per heavy atom. The number of hydrogen-bond donors (Lipinski definition) is 0. The van der Waals surface area contributed by atoms with Crippen molar-refractivity contribution < 1.29 is 0 Å². The minimum atomic E-state index is -0.0847. The van der Waals surface area contributed by atoms with Crippen molar-refractivity contribution in [3.05, 3.63) is 49.1 Å². The fourth-order valence-electron chi connectivity index (χ4n) is 2.51. The molecular weight excluding hydrogens is 606 g/mol. The molecule has 0 N–H and O–H groups in total. The topological polar surface area (TPSA) is 0 Å². The average molecular weight is 608 g/mol. The number of hydrogen-bond acceptors (Lipinski definition) is 0. The summed E-state index contributed by atoms with van der Waals surface area (Å²) in [6.07, 6.45) is 0. The third kappa shape index (κ3) is 2.09. The van der Waals surface area contributed by atoms with Gasteiger partial charge in [-0.2, -0.15) is 0 Å². The minimum Gasteiger partial charge on any atom is -0.0823 e.